The van der Waals surface area contributed by atoms with E-state index in [1.165, 1.54) is 0 Å². The number of carbonyl (C=O) groups excluding carboxylic acids is 1. The van der Waals surface area contributed by atoms with Crippen LogP contribution < -0.4 is 5.73 Å². The SMILES string of the molecule is CCCN1C(=O)COCC1CN. The first-order valence-corrected chi connectivity index (χ1v) is 4.36. The molecule has 0 saturated carbocycles. The molecule has 0 aromatic carbocycles. The molecule has 1 amide bonds. The average molecular weight is 172 g/mol. The Labute approximate surface area is 72.7 Å². The third-order valence-corrected chi connectivity index (χ3v) is 2.03. The van der Waals surface area contributed by atoms with Crippen LogP contribution in [0.2, 0.25) is 0 Å². The summed E-state index contributed by atoms with van der Waals surface area (Å²) < 4.78 is 5.09. The molecule has 1 aliphatic heterocycles. The molecule has 1 rings (SSSR count). The molecule has 4 heteroatoms. The Morgan fingerprint density at radius 3 is 3.08 bits per heavy atom. The van der Waals surface area contributed by atoms with E-state index in [1.54, 1.807) is 0 Å². The maximum absolute atomic E-state index is 11.3. The Bertz CT molecular complexity index is 161. The van der Waals surface area contributed by atoms with Gasteiger partial charge in [-0.3, -0.25) is 4.79 Å². The van der Waals surface area contributed by atoms with Gasteiger partial charge in [0.2, 0.25) is 5.91 Å². The van der Waals surface area contributed by atoms with Gasteiger partial charge in [0.25, 0.3) is 0 Å². The first-order valence-electron chi connectivity index (χ1n) is 4.36. The standard InChI is InChI=1S/C8H16N2O2/c1-2-3-10-7(4-9)5-12-6-8(10)11/h7H,2-6,9H2,1H3. The van der Waals surface area contributed by atoms with Crippen molar-refractivity contribution in [2.45, 2.75) is 19.4 Å². The highest BCUT2D eigenvalue weighted by atomic mass is 16.5. The maximum Gasteiger partial charge on any atom is 0.248 e. The molecule has 0 radical (unpaired) electrons. The van der Waals surface area contributed by atoms with Crippen LogP contribution >= 0.6 is 0 Å². The van der Waals surface area contributed by atoms with Crippen molar-refractivity contribution < 1.29 is 9.53 Å². The van der Waals surface area contributed by atoms with E-state index >= 15 is 0 Å². The molecule has 0 aliphatic carbocycles. The van der Waals surface area contributed by atoms with E-state index in [-0.39, 0.29) is 18.6 Å². The first kappa shape index (κ1) is 9.48. The smallest absolute Gasteiger partial charge is 0.248 e. The Hall–Kier alpha value is -0.610. The molecule has 0 spiro atoms. The van der Waals surface area contributed by atoms with Crippen LogP contribution in [0.4, 0.5) is 0 Å². The van der Waals surface area contributed by atoms with E-state index in [0.717, 1.165) is 13.0 Å². The average Bonchev–Trinajstić information content (AvgIpc) is 2.09. The summed E-state index contributed by atoms with van der Waals surface area (Å²) in [5, 5.41) is 0. The maximum atomic E-state index is 11.3. The van der Waals surface area contributed by atoms with Crippen LogP contribution in [0.1, 0.15) is 13.3 Å². The third kappa shape index (κ3) is 1.95. The number of ether oxygens (including phenoxy) is 1. The molecule has 0 aromatic rings. The highest BCUT2D eigenvalue weighted by Gasteiger charge is 2.26. The van der Waals surface area contributed by atoms with Crippen LogP contribution in [0.15, 0.2) is 0 Å². The summed E-state index contributed by atoms with van der Waals surface area (Å²) in [7, 11) is 0. The zero-order valence-electron chi connectivity index (χ0n) is 7.45. The van der Waals surface area contributed by atoms with Gasteiger partial charge in [-0.15, -0.1) is 0 Å². The lowest BCUT2D eigenvalue weighted by molar-refractivity contribution is -0.147. The van der Waals surface area contributed by atoms with E-state index < -0.39 is 0 Å². The van der Waals surface area contributed by atoms with Crippen LogP contribution in [0.3, 0.4) is 0 Å². The minimum atomic E-state index is 0.0681. The molecule has 1 heterocycles. The quantitative estimate of drug-likeness (QED) is 0.629. The number of hydrogen-bond donors (Lipinski definition) is 1. The molecule has 4 nitrogen and oxygen atoms in total. The Morgan fingerprint density at radius 2 is 2.50 bits per heavy atom. The van der Waals surface area contributed by atoms with Crippen LogP contribution in [0.5, 0.6) is 0 Å². The predicted octanol–water partition coefficient (Wildman–Crippen LogP) is -0.417. The van der Waals surface area contributed by atoms with Gasteiger partial charge in [-0.25, -0.2) is 0 Å². The summed E-state index contributed by atoms with van der Waals surface area (Å²) in [4.78, 5) is 13.1. The Kier molecular flexibility index (Phi) is 3.49. The second-order valence-electron chi connectivity index (χ2n) is 2.99. The number of carbonyl (C=O) groups is 1. The summed E-state index contributed by atoms with van der Waals surface area (Å²) >= 11 is 0. The van der Waals surface area contributed by atoms with Crippen LogP contribution in [0, 0.1) is 0 Å². The van der Waals surface area contributed by atoms with Gasteiger partial charge in [-0.2, -0.15) is 0 Å². The van der Waals surface area contributed by atoms with Gasteiger partial charge in [0.05, 0.1) is 12.6 Å². The summed E-state index contributed by atoms with van der Waals surface area (Å²) in [5.41, 5.74) is 5.51. The van der Waals surface area contributed by atoms with Crippen LogP contribution in [0.25, 0.3) is 0 Å². The van der Waals surface area contributed by atoms with Gasteiger partial charge in [0.1, 0.15) is 6.61 Å². The molecule has 2 N–H and O–H groups in total. The highest BCUT2D eigenvalue weighted by molar-refractivity contribution is 5.78. The number of rotatable bonds is 3. The van der Waals surface area contributed by atoms with Crippen molar-refractivity contribution in [2.75, 3.05) is 26.3 Å². The van der Waals surface area contributed by atoms with Gasteiger partial charge < -0.3 is 15.4 Å². The lowest BCUT2D eigenvalue weighted by Crippen LogP contribution is -2.52. The molecule has 70 valence electrons. The first-order chi connectivity index (χ1) is 5.79. The van der Waals surface area contributed by atoms with Crippen molar-refractivity contribution in [3.05, 3.63) is 0 Å². The summed E-state index contributed by atoms with van der Waals surface area (Å²) in [5.74, 6) is 0.0681. The molecule has 1 aliphatic rings. The molecular weight excluding hydrogens is 156 g/mol. The predicted molar refractivity (Wildman–Crippen MR) is 45.7 cm³/mol. The van der Waals surface area contributed by atoms with Crippen LogP contribution in [-0.4, -0.2) is 43.2 Å². The molecule has 0 bridgehead atoms. The van der Waals surface area contributed by atoms with Gasteiger partial charge >= 0.3 is 0 Å². The molecule has 12 heavy (non-hydrogen) atoms. The fourth-order valence-electron chi connectivity index (χ4n) is 1.40. The van der Waals surface area contributed by atoms with Crippen molar-refractivity contribution in [1.29, 1.82) is 0 Å². The number of hydrogen-bond acceptors (Lipinski definition) is 3. The number of nitrogens with zero attached hydrogens (tertiary/aromatic N) is 1. The lowest BCUT2D eigenvalue weighted by Gasteiger charge is -2.34. The van der Waals surface area contributed by atoms with E-state index in [1.807, 2.05) is 4.90 Å². The van der Waals surface area contributed by atoms with Gasteiger partial charge in [-0.1, -0.05) is 6.92 Å². The normalized spacial score (nSPS) is 24.7. The number of amides is 1. The van der Waals surface area contributed by atoms with E-state index in [4.69, 9.17) is 10.5 Å². The fraction of sp³-hybridized carbons (Fsp3) is 0.875. The summed E-state index contributed by atoms with van der Waals surface area (Å²) in [6.45, 7) is 4.14. The van der Waals surface area contributed by atoms with Gasteiger partial charge in [-0.05, 0) is 6.42 Å². The zero-order chi connectivity index (χ0) is 8.97. The molecule has 1 fully saturated rings. The summed E-state index contributed by atoms with van der Waals surface area (Å²) in [6, 6.07) is 0.0891. The zero-order valence-corrected chi connectivity index (χ0v) is 7.45. The van der Waals surface area contributed by atoms with E-state index in [0.29, 0.717) is 13.2 Å². The molecule has 1 atom stereocenters. The number of nitrogens with two attached hydrogens (primary N) is 1. The molecular formula is C8H16N2O2. The minimum Gasteiger partial charge on any atom is -0.369 e. The highest BCUT2D eigenvalue weighted by Crippen LogP contribution is 2.07. The molecule has 1 unspecified atom stereocenters. The minimum absolute atomic E-state index is 0.0681. The Morgan fingerprint density at radius 1 is 1.75 bits per heavy atom. The van der Waals surface area contributed by atoms with E-state index in [2.05, 4.69) is 6.92 Å². The van der Waals surface area contributed by atoms with E-state index in [9.17, 15) is 4.79 Å². The monoisotopic (exact) mass is 172 g/mol. The van der Waals surface area contributed by atoms with Crippen molar-refractivity contribution in [2.24, 2.45) is 5.73 Å². The van der Waals surface area contributed by atoms with Gasteiger partial charge in [0, 0.05) is 13.1 Å². The second-order valence-corrected chi connectivity index (χ2v) is 2.99. The Balaban J connectivity index is 2.53. The summed E-state index contributed by atoms with van der Waals surface area (Å²) in [6.07, 6.45) is 0.974. The second kappa shape index (κ2) is 4.42. The third-order valence-electron chi connectivity index (χ3n) is 2.03. The van der Waals surface area contributed by atoms with Crippen molar-refractivity contribution in [3.63, 3.8) is 0 Å². The molecule has 0 aromatic heterocycles. The lowest BCUT2D eigenvalue weighted by atomic mass is 10.2. The largest absolute Gasteiger partial charge is 0.369 e. The van der Waals surface area contributed by atoms with Crippen molar-refractivity contribution in [1.82, 2.24) is 4.90 Å². The fourth-order valence-corrected chi connectivity index (χ4v) is 1.40. The van der Waals surface area contributed by atoms with Crippen molar-refractivity contribution >= 4 is 5.91 Å². The van der Waals surface area contributed by atoms with Gasteiger partial charge in [0.15, 0.2) is 0 Å². The van der Waals surface area contributed by atoms with Crippen molar-refractivity contribution in [3.8, 4) is 0 Å². The van der Waals surface area contributed by atoms with Crippen LogP contribution in [-0.2, 0) is 9.53 Å². The number of morpholine rings is 1. The topological polar surface area (TPSA) is 55.6 Å². The molecule has 1 saturated heterocycles.